The monoisotopic (exact) mass is 312 g/mol. The molecule has 1 aromatic carbocycles. The first kappa shape index (κ1) is 17.3. The Bertz CT molecular complexity index is 514. The molecule has 1 rings (SSSR count). The molecule has 1 aromatic rings. The van der Waals surface area contributed by atoms with Gasteiger partial charge >= 0.3 is 12.0 Å². The maximum atomic E-state index is 12.1. The maximum absolute atomic E-state index is 12.1. The summed E-state index contributed by atoms with van der Waals surface area (Å²) in [5.41, 5.74) is -0.0467. The normalized spacial score (nSPS) is 12.6. The number of rotatable bonds is 5. The summed E-state index contributed by atoms with van der Waals surface area (Å²) >= 11 is 5.84. The molecule has 0 aliphatic carbocycles. The molecule has 116 valence electrons. The van der Waals surface area contributed by atoms with Gasteiger partial charge in [0, 0.05) is 18.6 Å². The lowest BCUT2D eigenvalue weighted by Gasteiger charge is -2.27. The van der Waals surface area contributed by atoms with Crippen LogP contribution in [0.1, 0.15) is 32.4 Å². The average Bonchev–Trinajstić information content (AvgIpc) is 2.44. The molecule has 0 saturated carbocycles. The summed E-state index contributed by atoms with van der Waals surface area (Å²) in [6.07, 6.45) is 0. The highest BCUT2D eigenvalue weighted by Crippen LogP contribution is 2.21. The number of nitrogens with one attached hydrogen (secondary N) is 1. The van der Waals surface area contributed by atoms with Crippen molar-refractivity contribution in [2.45, 2.75) is 26.8 Å². The Kier molecular flexibility index (Phi) is 5.61. The molecule has 0 aliphatic heterocycles. The van der Waals surface area contributed by atoms with E-state index in [4.69, 9.17) is 16.7 Å². The molecule has 2 amide bonds. The van der Waals surface area contributed by atoms with Gasteiger partial charge in [-0.2, -0.15) is 0 Å². The maximum Gasteiger partial charge on any atom is 0.317 e. The molecular weight excluding hydrogens is 292 g/mol. The summed E-state index contributed by atoms with van der Waals surface area (Å²) in [4.78, 5) is 24.6. The Labute approximate surface area is 129 Å². The van der Waals surface area contributed by atoms with Crippen molar-refractivity contribution in [2.75, 3.05) is 13.6 Å². The van der Waals surface area contributed by atoms with E-state index in [9.17, 15) is 9.59 Å². The Morgan fingerprint density at radius 1 is 1.33 bits per heavy atom. The van der Waals surface area contributed by atoms with E-state index in [0.717, 1.165) is 5.56 Å². The van der Waals surface area contributed by atoms with Crippen LogP contribution in [0.2, 0.25) is 5.02 Å². The van der Waals surface area contributed by atoms with Gasteiger partial charge in [-0.25, -0.2) is 4.79 Å². The molecule has 0 saturated heterocycles. The fraction of sp³-hybridized carbons (Fsp3) is 0.467. The fourth-order valence-corrected chi connectivity index (χ4v) is 1.76. The third-order valence-electron chi connectivity index (χ3n) is 3.51. The first-order valence-corrected chi connectivity index (χ1v) is 7.02. The predicted octanol–water partition coefficient (Wildman–Crippen LogP) is 3.15. The first-order chi connectivity index (χ1) is 9.65. The number of halogens is 1. The third kappa shape index (κ3) is 4.63. The van der Waals surface area contributed by atoms with Crippen LogP contribution >= 0.6 is 11.6 Å². The van der Waals surface area contributed by atoms with E-state index in [-0.39, 0.29) is 18.6 Å². The zero-order chi connectivity index (χ0) is 16.2. The molecule has 1 unspecified atom stereocenters. The summed E-state index contributed by atoms with van der Waals surface area (Å²) < 4.78 is 0. The second kappa shape index (κ2) is 6.80. The van der Waals surface area contributed by atoms with Crippen LogP contribution in [-0.2, 0) is 4.79 Å². The standard InChI is InChI=1S/C15H21ClN2O3/c1-10(11-5-7-12(16)8-6-11)18(4)14(21)17-9-15(2,3)13(19)20/h5-8,10H,9H2,1-4H3,(H,17,21)(H,19,20). The number of hydrogen-bond acceptors (Lipinski definition) is 2. The SMILES string of the molecule is CC(c1ccc(Cl)cc1)N(C)C(=O)NCC(C)(C)C(=O)O. The second-order valence-corrected chi connectivity index (χ2v) is 6.12. The van der Waals surface area contributed by atoms with Crippen LogP contribution < -0.4 is 5.32 Å². The Balaban J connectivity index is 2.65. The molecule has 0 fully saturated rings. The zero-order valence-electron chi connectivity index (χ0n) is 12.7. The van der Waals surface area contributed by atoms with Crippen molar-refractivity contribution in [3.63, 3.8) is 0 Å². The Morgan fingerprint density at radius 2 is 1.86 bits per heavy atom. The van der Waals surface area contributed by atoms with Crippen LogP contribution in [0.5, 0.6) is 0 Å². The van der Waals surface area contributed by atoms with Crippen LogP contribution in [0, 0.1) is 5.41 Å². The molecule has 2 N–H and O–H groups in total. The van der Waals surface area contributed by atoms with Crippen molar-refractivity contribution in [1.82, 2.24) is 10.2 Å². The van der Waals surface area contributed by atoms with Gasteiger partial charge in [0.25, 0.3) is 0 Å². The van der Waals surface area contributed by atoms with Gasteiger partial charge in [-0.3, -0.25) is 4.79 Å². The van der Waals surface area contributed by atoms with E-state index in [1.54, 1.807) is 33.0 Å². The molecule has 1 atom stereocenters. The minimum Gasteiger partial charge on any atom is -0.481 e. The van der Waals surface area contributed by atoms with Crippen LogP contribution in [0.15, 0.2) is 24.3 Å². The summed E-state index contributed by atoms with van der Waals surface area (Å²) in [5.74, 6) is -0.948. The molecule has 6 heteroatoms. The third-order valence-corrected chi connectivity index (χ3v) is 3.77. The van der Waals surface area contributed by atoms with Gasteiger partial charge < -0.3 is 15.3 Å². The number of carboxylic acid groups (broad SMARTS) is 1. The minimum atomic E-state index is -1.000. The van der Waals surface area contributed by atoms with Gasteiger partial charge in [-0.1, -0.05) is 23.7 Å². The van der Waals surface area contributed by atoms with E-state index in [1.807, 2.05) is 19.1 Å². The van der Waals surface area contributed by atoms with Crippen LogP contribution in [0.3, 0.4) is 0 Å². The number of urea groups is 1. The number of benzene rings is 1. The molecule has 5 nitrogen and oxygen atoms in total. The number of amides is 2. The van der Waals surface area contributed by atoms with Crippen molar-refractivity contribution in [1.29, 1.82) is 0 Å². The summed E-state index contributed by atoms with van der Waals surface area (Å²) in [6.45, 7) is 5.10. The van der Waals surface area contributed by atoms with Gasteiger partial charge in [0.15, 0.2) is 0 Å². The van der Waals surface area contributed by atoms with Crippen LogP contribution in [-0.4, -0.2) is 35.6 Å². The summed E-state index contributed by atoms with van der Waals surface area (Å²) in [7, 11) is 1.67. The lowest BCUT2D eigenvalue weighted by Crippen LogP contribution is -2.44. The van der Waals surface area contributed by atoms with E-state index in [0.29, 0.717) is 5.02 Å². The molecule has 21 heavy (non-hydrogen) atoms. The number of carbonyl (C=O) groups is 2. The van der Waals surface area contributed by atoms with Gasteiger partial charge in [0.2, 0.25) is 0 Å². The van der Waals surface area contributed by atoms with Crippen molar-refractivity contribution in [2.24, 2.45) is 5.41 Å². The van der Waals surface area contributed by atoms with Gasteiger partial charge in [0.05, 0.1) is 11.5 Å². The lowest BCUT2D eigenvalue weighted by molar-refractivity contribution is -0.146. The Morgan fingerprint density at radius 3 is 2.33 bits per heavy atom. The molecular formula is C15H21ClN2O3. The molecule has 0 radical (unpaired) electrons. The van der Waals surface area contributed by atoms with Crippen molar-refractivity contribution >= 4 is 23.6 Å². The highest BCUT2D eigenvalue weighted by molar-refractivity contribution is 6.30. The largest absolute Gasteiger partial charge is 0.481 e. The Hall–Kier alpha value is -1.75. The number of hydrogen-bond donors (Lipinski definition) is 2. The smallest absolute Gasteiger partial charge is 0.317 e. The lowest BCUT2D eigenvalue weighted by atomic mass is 9.94. The van der Waals surface area contributed by atoms with Crippen LogP contribution in [0.4, 0.5) is 4.79 Å². The molecule has 0 heterocycles. The topological polar surface area (TPSA) is 69.6 Å². The van der Waals surface area contributed by atoms with E-state index in [1.165, 1.54) is 4.90 Å². The van der Waals surface area contributed by atoms with Gasteiger partial charge in [0.1, 0.15) is 0 Å². The number of carbonyl (C=O) groups excluding carboxylic acids is 1. The predicted molar refractivity (Wildman–Crippen MR) is 82.4 cm³/mol. The number of aliphatic carboxylic acids is 1. The van der Waals surface area contributed by atoms with E-state index in [2.05, 4.69) is 5.32 Å². The highest BCUT2D eigenvalue weighted by atomic mass is 35.5. The molecule has 0 spiro atoms. The van der Waals surface area contributed by atoms with Crippen molar-refractivity contribution in [3.05, 3.63) is 34.9 Å². The molecule has 0 aliphatic rings. The molecule has 0 bridgehead atoms. The zero-order valence-corrected chi connectivity index (χ0v) is 13.4. The highest BCUT2D eigenvalue weighted by Gasteiger charge is 2.28. The van der Waals surface area contributed by atoms with Crippen LogP contribution in [0.25, 0.3) is 0 Å². The average molecular weight is 313 g/mol. The minimum absolute atomic E-state index is 0.0683. The number of carboxylic acids is 1. The first-order valence-electron chi connectivity index (χ1n) is 6.64. The quantitative estimate of drug-likeness (QED) is 0.877. The van der Waals surface area contributed by atoms with E-state index < -0.39 is 11.4 Å². The van der Waals surface area contributed by atoms with Gasteiger partial charge in [-0.15, -0.1) is 0 Å². The van der Waals surface area contributed by atoms with E-state index >= 15 is 0 Å². The fourth-order valence-electron chi connectivity index (χ4n) is 1.64. The molecule has 0 aromatic heterocycles. The van der Waals surface area contributed by atoms with Gasteiger partial charge in [-0.05, 0) is 38.5 Å². The second-order valence-electron chi connectivity index (χ2n) is 5.69. The summed E-state index contributed by atoms with van der Waals surface area (Å²) in [6, 6.07) is 6.80. The van der Waals surface area contributed by atoms with Crippen molar-refractivity contribution < 1.29 is 14.7 Å². The number of nitrogens with zero attached hydrogens (tertiary/aromatic N) is 1. The van der Waals surface area contributed by atoms with Crippen molar-refractivity contribution in [3.8, 4) is 0 Å². The summed E-state index contributed by atoms with van der Waals surface area (Å²) in [5, 5.41) is 12.3.